The second-order valence-electron chi connectivity index (χ2n) is 5.82. The molecule has 0 atom stereocenters. The number of carbonyl (C=O) groups is 1. The van der Waals surface area contributed by atoms with Crippen molar-refractivity contribution in [1.29, 1.82) is 5.26 Å². The van der Waals surface area contributed by atoms with Crippen molar-refractivity contribution in [1.82, 2.24) is 20.6 Å². The van der Waals surface area contributed by atoms with Crippen molar-refractivity contribution in [2.45, 2.75) is 0 Å². The number of ketones is 1. The molecule has 0 amide bonds. The minimum atomic E-state index is -0.150. The molecule has 1 aliphatic rings. The van der Waals surface area contributed by atoms with Crippen molar-refractivity contribution in [3.8, 4) is 17.6 Å². The summed E-state index contributed by atoms with van der Waals surface area (Å²) in [5.41, 5.74) is 1.84. The molecular weight excluding hydrogens is 360 g/mol. The monoisotopic (exact) mass is 374 g/mol. The fraction of sp³-hybridized carbons (Fsp3) is 0.105. The maximum absolute atomic E-state index is 12.8. The number of hydrogen-bond donors (Lipinski definition) is 2. The zero-order chi connectivity index (χ0) is 19.3. The van der Waals surface area contributed by atoms with E-state index in [1.165, 1.54) is 6.20 Å². The van der Waals surface area contributed by atoms with Crippen molar-refractivity contribution in [2.24, 2.45) is 0 Å². The summed E-state index contributed by atoms with van der Waals surface area (Å²) in [7, 11) is 0. The summed E-state index contributed by atoms with van der Waals surface area (Å²) in [6.45, 7) is 0.952. The Kier molecular flexibility index (Phi) is 4.67. The number of nitrogens with zero attached hydrogens (tertiary/aromatic N) is 4. The first-order chi connectivity index (χ1) is 13.7. The van der Waals surface area contributed by atoms with E-state index in [0.29, 0.717) is 41.5 Å². The molecule has 0 saturated carbocycles. The first kappa shape index (κ1) is 17.2. The fourth-order valence-corrected chi connectivity index (χ4v) is 2.68. The maximum atomic E-state index is 12.8. The van der Waals surface area contributed by atoms with Crippen LogP contribution < -0.4 is 14.8 Å². The third-order valence-electron chi connectivity index (χ3n) is 4.02. The molecule has 0 bridgehead atoms. The average molecular weight is 374 g/mol. The predicted octanol–water partition coefficient (Wildman–Crippen LogP) is 2.18. The lowest BCUT2D eigenvalue weighted by molar-refractivity contribution is 0.103. The highest BCUT2D eigenvalue weighted by molar-refractivity contribution is 6.09. The van der Waals surface area contributed by atoms with Gasteiger partial charge in [-0.3, -0.25) is 4.79 Å². The molecule has 0 fully saturated rings. The van der Waals surface area contributed by atoms with Gasteiger partial charge in [-0.05, 0) is 35.5 Å². The van der Waals surface area contributed by atoms with E-state index >= 15 is 0 Å². The van der Waals surface area contributed by atoms with E-state index in [-0.39, 0.29) is 17.2 Å². The van der Waals surface area contributed by atoms with Crippen LogP contribution in [0.15, 0.2) is 48.7 Å². The molecule has 4 rings (SSSR count). The second-order valence-corrected chi connectivity index (χ2v) is 5.82. The van der Waals surface area contributed by atoms with E-state index in [0.717, 1.165) is 0 Å². The largest absolute Gasteiger partial charge is 0.486 e. The number of nitrogens with one attached hydrogen (secondary N) is 2. The van der Waals surface area contributed by atoms with Crippen LogP contribution in [0.3, 0.4) is 0 Å². The van der Waals surface area contributed by atoms with E-state index in [4.69, 9.17) is 9.47 Å². The molecular formula is C19H14N6O3. The van der Waals surface area contributed by atoms with Crippen LogP contribution in [0.4, 0.5) is 5.69 Å². The molecule has 1 aliphatic heterocycles. The Morgan fingerprint density at radius 2 is 1.96 bits per heavy atom. The van der Waals surface area contributed by atoms with E-state index in [9.17, 15) is 10.1 Å². The van der Waals surface area contributed by atoms with Crippen molar-refractivity contribution >= 4 is 17.0 Å². The molecule has 9 heteroatoms. The Bertz CT molecular complexity index is 1090. The van der Waals surface area contributed by atoms with Gasteiger partial charge in [0.25, 0.3) is 0 Å². The summed E-state index contributed by atoms with van der Waals surface area (Å²) in [5.74, 6) is 1.23. The summed E-state index contributed by atoms with van der Waals surface area (Å²) in [5, 5.41) is 25.4. The van der Waals surface area contributed by atoms with Crippen LogP contribution in [0.2, 0.25) is 0 Å². The molecule has 0 spiro atoms. The Morgan fingerprint density at radius 3 is 2.75 bits per heavy atom. The Balaban J connectivity index is 1.55. The average Bonchev–Trinajstić information content (AvgIpc) is 3.28. The molecule has 138 valence electrons. The molecule has 0 saturated heterocycles. The SMILES string of the molecule is N#CC(=CNc1cccc(C(=O)c2ccc3c(c2)OCCO3)c1)c1nn[nH]n1. The third kappa shape index (κ3) is 3.52. The number of H-pyrrole nitrogens is 1. The van der Waals surface area contributed by atoms with Gasteiger partial charge < -0.3 is 14.8 Å². The molecule has 2 aromatic carbocycles. The highest BCUT2D eigenvalue weighted by atomic mass is 16.6. The van der Waals surface area contributed by atoms with Crippen molar-refractivity contribution in [3.63, 3.8) is 0 Å². The van der Waals surface area contributed by atoms with Gasteiger partial charge in [0.15, 0.2) is 17.3 Å². The van der Waals surface area contributed by atoms with Gasteiger partial charge in [-0.15, -0.1) is 10.2 Å². The van der Waals surface area contributed by atoms with Crippen LogP contribution in [0.25, 0.3) is 5.57 Å². The number of ether oxygens (including phenoxy) is 2. The Morgan fingerprint density at radius 1 is 1.14 bits per heavy atom. The Labute approximate surface area is 159 Å². The van der Waals surface area contributed by atoms with Gasteiger partial charge in [0.05, 0.1) is 0 Å². The lowest BCUT2D eigenvalue weighted by atomic mass is 10.0. The molecule has 0 aliphatic carbocycles. The first-order valence-electron chi connectivity index (χ1n) is 8.39. The number of aromatic nitrogens is 4. The summed E-state index contributed by atoms with van der Waals surface area (Å²) >= 11 is 0. The molecule has 3 aromatic rings. The van der Waals surface area contributed by atoms with E-state index in [2.05, 4.69) is 25.9 Å². The van der Waals surface area contributed by atoms with Crippen LogP contribution in [0.1, 0.15) is 21.7 Å². The minimum absolute atomic E-state index is 0.150. The maximum Gasteiger partial charge on any atom is 0.216 e. The van der Waals surface area contributed by atoms with Gasteiger partial charge in [-0.1, -0.05) is 12.1 Å². The standard InChI is InChI=1S/C19H14N6O3/c20-10-14(19-22-24-25-23-19)11-21-15-3-1-2-12(8-15)18(26)13-4-5-16-17(9-13)28-7-6-27-16/h1-5,8-9,11,21H,6-7H2,(H,22,23,24,25). The number of hydrogen-bond acceptors (Lipinski definition) is 8. The zero-order valence-corrected chi connectivity index (χ0v) is 14.5. The van der Waals surface area contributed by atoms with Crippen LogP contribution in [-0.4, -0.2) is 39.6 Å². The number of benzene rings is 2. The van der Waals surface area contributed by atoms with E-state index in [1.54, 1.807) is 42.5 Å². The topological polar surface area (TPSA) is 126 Å². The van der Waals surface area contributed by atoms with Gasteiger partial charge in [0.2, 0.25) is 5.82 Å². The van der Waals surface area contributed by atoms with Crippen LogP contribution in [0.5, 0.6) is 11.5 Å². The highest BCUT2D eigenvalue weighted by Crippen LogP contribution is 2.31. The number of carbonyl (C=O) groups excluding carboxylic acids is 1. The quantitative estimate of drug-likeness (QED) is 0.514. The summed E-state index contributed by atoms with van der Waals surface area (Å²) in [4.78, 5) is 12.8. The number of tetrazole rings is 1. The van der Waals surface area contributed by atoms with Gasteiger partial charge in [0.1, 0.15) is 24.9 Å². The lowest BCUT2D eigenvalue weighted by Crippen LogP contribution is -2.15. The number of aromatic amines is 1. The van der Waals surface area contributed by atoms with Crippen LogP contribution >= 0.6 is 0 Å². The predicted molar refractivity (Wildman–Crippen MR) is 98.7 cm³/mol. The molecule has 0 unspecified atom stereocenters. The van der Waals surface area contributed by atoms with Crippen molar-refractivity contribution < 1.29 is 14.3 Å². The molecule has 2 N–H and O–H groups in total. The highest BCUT2D eigenvalue weighted by Gasteiger charge is 2.16. The van der Waals surface area contributed by atoms with Crippen molar-refractivity contribution in [2.75, 3.05) is 18.5 Å². The normalized spacial score (nSPS) is 12.9. The minimum Gasteiger partial charge on any atom is -0.486 e. The number of allylic oxidation sites excluding steroid dienone is 1. The smallest absolute Gasteiger partial charge is 0.216 e. The van der Waals surface area contributed by atoms with Gasteiger partial charge >= 0.3 is 0 Å². The van der Waals surface area contributed by atoms with Gasteiger partial charge in [-0.2, -0.15) is 10.5 Å². The number of fused-ring (bicyclic) bond motifs is 1. The van der Waals surface area contributed by atoms with Gasteiger partial charge in [0, 0.05) is 23.0 Å². The van der Waals surface area contributed by atoms with Crippen molar-refractivity contribution in [3.05, 3.63) is 65.6 Å². The number of nitriles is 1. The summed E-state index contributed by atoms with van der Waals surface area (Å²) in [6, 6.07) is 14.1. The van der Waals surface area contributed by atoms with Gasteiger partial charge in [-0.25, -0.2) is 0 Å². The number of rotatable bonds is 5. The molecule has 9 nitrogen and oxygen atoms in total. The molecule has 1 aromatic heterocycles. The van der Waals surface area contributed by atoms with Crippen LogP contribution in [0, 0.1) is 11.3 Å². The second kappa shape index (κ2) is 7.59. The first-order valence-corrected chi connectivity index (χ1v) is 8.39. The summed E-state index contributed by atoms with van der Waals surface area (Å²) < 4.78 is 11.0. The van der Waals surface area contributed by atoms with E-state index < -0.39 is 0 Å². The molecule has 0 radical (unpaired) electrons. The fourth-order valence-electron chi connectivity index (χ4n) is 2.68. The zero-order valence-electron chi connectivity index (χ0n) is 14.5. The lowest BCUT2D eigenvalue weighted by Gasteiger charge is -2.18. The van der Waals surface area contributed by atoms with E-state index in [1.807, 2.05) is 6.07 Å². The van der Waals surface area contributed by atoms with Crippen LogP contribution in [-0.2, 0) is 0 Å². The number of anilines is 1. The molecule has 2 heterocycles. The Hall–Kier alpha value is -4.19. The molecule has 28 heavy (non-hydrogen) atoms. The third-order valence-corrected chi connectivity index (χ3v) is 4.02. The summed E-state index contributed by atoms with van der Waals surface area (Å²) in [6.07, 6.45) is 1.46.